The number of benzene rings is 1. The molecule has 8 heteroatoms. The first-order valence-electron chi connectivity index (χ1n) is 6.84. The van der Waals surface area contributed by atoms with Crippen LogP contribution in [0.5, 0.6) is 0 Å². The topological polar surface area (TPSA) is 114 Å². The van der Waals surface area contributed by atoms with E-state index in [1.54, 1.807) is 12.1 Å². The highest BCUT2D eigenvalue weighted by atomic mass is 16.6. The third-order valence-electron chi connectivity index (χ3n) is 3.06. The number of rotatable bonds is 7. The molecule has 2 N–H and O–H groups in total. The standard InChI is InChI=1S/C15H15N3O5/c1-10(19)12-9-11(18(21)22)4-5-13(12)16-6-7-17-15(20)14-3-2-8-23-14/h2-5,8-9,16H,6-7H2,1H3,(H,17,20). The summed E-state index contributed by atoms with van der Waals surface area (Å²) in [6.45, 7) is 1.99. The molecule has 0 saturated carbocycles. The number of carbonyl (C=O) groups is 2. The molecule has 2 aromatic rings. The number of nitrogens with one attached hydrogen (secondary N) is 2. The van der Waals surface area contributed by atoms with Crippen LogP contribution in [0.25, 0.3) is 0 Å². The molecule has 1 heterocycles. The Balaban J connectivity index is 1.94. The molecule has 0 fully saturated rings. The molecule has 0 atom stereocenters. The highest BCUT2D eigenvalue weighted by Crippen LogP contribution is 2.22. The summed E-state index contributed by atoms with van der Waals surface area (Å²) in [5, 5.41) is 16.4. The second kappa shape index (κ2) is 7.21. The van der Waals surface area contributed by atoms with Gasteiger partial charge in [-0.3, -0.25) is 19.7 Å². The van der Waals surface area contributed by atoms with E-state index in [1.165, 1.54) is 31.4 Å². The summed E-state index contributed by atoms with van der Waals surface area (Å²) in [5.74, 6) is -0.409. The first-order chi connectivity index (χ1) is 11.0. The van der Waals surface area contributed by atoms with Crippen LogP contribution in [0.15, 0.2) is 41.0 Å². The predicted octanol–water partition coefficient (Wildman–Crippen LogP) is 2.23. The lowest BCUT2D eigenvalue weighted by Gasteiger charge is -2.10. The molecule has 0 spiro atoms. The largest absolute Gasteiger partial charge is 0.459 e. The fourth-order valence-electron chi connectivity index (χ4n) is 1.96. The summed E-state index contributed by atoms with van der Waals surface area (Å²) in [6, 6.07) is 7.18. The molecule has 0 aliphatic carbocycles. The minimum absolute atomic E-state index is 0.146. The summed E-state index contributed by atoms with van der Waals surface area (Å²) in [6.07, 6.45) is 1.41. The molecule has 1 aromatic heterocycles. The van der Waals surface area contributed by atoms with Gasteiger partial charge in [-0.05, 0) is 25.1 Å². The lowest BCUT2D eigenvalue weighted by molar-refractivity contribution is -0.384. The average molecular weight is 317 g/mol. The quantitative estimate of drug-likeness (QED) is 0.350. The van der Waals surface area contributed by atoms with E-state index >= 15 is 0 Å². The van der Waals surface area contributed by atoms with Crippen LogP contribution in [0, 0.1) is 10.1 Å². The maximum atomic E-state index is 11.7. The third kappa shape index (κ3) is 4.16. The number of Topliss-reactive ketones (excluding diaryl/α,β-unsaturated/α-hetero) is 1. The van der Waals surface area contributed by atoms with Crippen LogP contribution in [0.3, 0.4) is 0 Å². The van der Waals surface area contributed by atoms with E-state index in [1.807, 2.05) is 0 Å². The monoisotopic (exact) mass is 317 g/mol. The average Bonchev–Trinajstić information content (AvgIpc) is 3.05. The molecule has 23 heavy (non-hydrogen) atoms. The minimum Gasteiger partial charge on any atom is -0.459 e. The number of nitro groups is 1. The van der Waals surface area contributed by atoms with Crippen molar-refractivity contribution in [3.63, 3.8) is 0 Å². The smallest absolute Gasteiger partial charge is 0.287 e. The second-order valence-corrected chi connectivity index (χ2v) is 4.70. The van der Waals surface area contributed by atoms with Gasteiger partial charge in [0.05, 0.1) is 11.2 Å². The zero-order valence-corrected chi connectivity index (χ0v) is 12.4. The molecule has 0 unspecified atom stereocenters. The lowest BCUT2D eigenvalue weighted by atomic mass is 10.1. The molecule has 0 radical (unpaired) electrons. The number of hydrogen-bond donors (Lipinski definition) is 2. The van der Waals surface area contributed by atoms with Crippen molar-refractivity contribution in [2.45, 2.75) is 6.92 Å². The van der Waals surface area contributed by atoms with Gasteiger partial charge < -0.3 is 15.1 Å². The van der Waals surface area contributed by atoms with E-state index in [0.717, 1.165) is 0 Å². The number of furan rings is 1. The van der Waals surface area contributed by atoms with Crippen molar-refractivity contribution in [3.8, 4) is 0 Å². The van der Waals surface area contributed by atoms with E-state index in [4.69, 9.17) is 4.42 Å². The normalized spacial score (nSPS) is 10.1. The minimum atomic E-state index is -0.556. The number of ketones is 1. The van der Waals surface area contributed by atoms with Crippen LogP contribution in [0.4, 0.5) is 11.4 Å². The van der Waals surface area contributed by atoms with Crippen LogP contribution >= 0.6 is 0 Å². The molecular formula is C15H15N3O5. The molecule has 8 nitrogen and oxygen atoms in total. The van der Waals surface area contributed by atoms with Crippen molar-refractivity contribution in [2.24, 2.45) is 0 Å². The number of amides is 1. The zero-order valence-electron chi connectivity index (χ0n) is 12.4. The van der Waals surface area contributed by atoms with E-state index in [-0.39, 0.29) is 28.7 Å². The Morgan fingerprint density at radius 3 is 2.65 bits per heavy atom. The van der Waals surface area contributed by atoms with Gasteiger partial charge in [-0.15, -0.1) is 0 Å². The Kier molecular flexibility index (Phi) is 5.08. The van der Waals surface area contributed by atoms with E-state index < -0.39 is 4.92 Å². The summed E-state index contributed by atoms with van der Waals surface area (Å²) < 4.78 is 4.96. The van der Waals surface area contributed by atoms with Crippen LogP contribution in [0.1, 0.15) is 27.8 Å². The van der Waals surface area contributed by atoms with Crippen molar-refractivity contribution in [1.29, 1.82) is 0 Å². The second-order valence-electron chi connectivity index (χ2n) is 4.70. The maximum Gasteiger partial charge on any atom is 0.287 e. The van der Waals surface area contributed by atoms with Crippen molar-refractivity contribution >= 4 is 23.1 Å². The van der Waals surface area contributed by atoms with E-state index in [0.29, 0.717) is 18.8 Å². The van der Waals surface area contributed by atoms with Crippen LogP contribution < -0.4 is 10.6 Å². The SMILES string of the molecule is CC(=O)c1cc([N+](=O)[O-])ccc1NCCNC(=O)c1ccco1. The number of anilines is 1. The molecule has 120 valence electrons. The number of nitro benzene ring substituents is 1. The number of carbonyl (C=O) groups excluding carboxylic acids is 2. The highest BCUT2D eigenvalue weighted by molar-refractivity contribution is 6.00. The van der Waals surface area contributed by atoms with Crippen LogP contribution in [0.2, 0.25) is 0 Å². The van der Waals surface area contributed by atoms with Crippen LogP contribution in [-0.4, -0.2) is 29.7 Å². The van der Waals surface area contributed by atoms with Gasteiger partial charge >= 0.3 is 0 Å². The van der Waals surface area contributed by atoms with Gasteiger partial charge in [0.2, 0.25) is 0 Å². The molecule has 1 amide bonds. The van der Waals surface area contributed by atoms with Crippen LogP contribution in [-0.2, 0) is 0 Å². The van der Waals surface area contributed by atoms with E-state index in [9.17, 15) is 19.7 Å². The van der Waals surface area contributed by atoms with Crippen molar-refractivity contribution < 1.29 is 18.9 Å². The zero-order chi connectivity index (χ0) is 16.8. The van der Waals surface area contributed by atoms with Crippen molar-refractivity contribution in [2.75, 3.05) is 18.4 Å². The Hall–Kier alpha value is -3.16. The van der Waals surface area contributed by atoms with E-state index in [2.05, 4.69) is 10.6 Å². The molecule has 0 saturated heterocycles. The first-order valence-corrected chi connectivity index (χ1v) is 6.84. The summed E-state index contributed by atoms with van der Waals surface area (Å²) >= 11 is 0. The number of non-ortho nitro benzene ring substituents is 1. The Labute approximate surface area is 131 Å². The lowest BCUT2D eigenvalue weighted by Crippen LogP contribution is -2.28. The van der Waals surface area contributed by atoms with Gasteiger partial charge in [0, 0.05) is 36.5 Å². The number of hydrogen-bond acceptors (Lipinski definition) is 6. The molecule has 0 aliphatic rings. The Morgan fingerprint density at radius 2 is 2.04 bits per heavy atom. The molecule has 0 bridgehead atoms. The Bertz CT molecular complexity index is 725. The molecule has 2 rings (SSSR count). The number of nitrogens with zero attached hydrogens (tertiary/aromatic N) is 1. The van der Waals surface area contributed by atoms with Crippen molar-refractivity contribution in [3.05, 3.63) is 58.0 Å². The van der Waals surface area contributed by atoms with Gasteiger partial charge in [0.15, 0.2) is 11.5 Å². The van der Waals surface area contributed by atoms with Crippen molar-refractivity contribution in [1.82, 2.24) is 5.32 Å². The van der Waals surface area contributed by atoms with Gasteiger partial charge in [-0.2, -0.15) is 0 Å². The predicted molar refractivity (Wildman–Crippen MR) is 82.6 cm³/mol. The van der Waals surface area contributed by atoms with Gasteiger partial charge in [0.25, 0.3) is 11.6 Å². The highest BCUT2D eigenvalue weighted by Gasteiger charge is 2.14. The third-order valence-corrected chi connectivity index (χ3v) is 3.06. The summed E-state index contributed by atoms with van der Waals surface area (Å²) in [4.78, 5) is 33.4. The summed E-state index contributed by atoms with van der Waals surface area (Å²) in [7, 11) is 0. The fraction of sp³-hybridized carbons (Fsp3) is 0.200. The van der Waals surface area contributed by atoms with Gasteiger partial charge in [-0.25, -0.2) is 0 Å². The first kappa shape index (κ1) is 16.2. The Morgan fingerprint density at radius 1 is 1.26 bits per heavy atom. The summed E-state index contributed by atoms with van der Waals surface area (Å²) in [5.41, 5.74) is 0.568. The molecule has 1 aromatic carbocycles. The van der Waals surface area contributed by atoms with Gasteiger partial charge in [-0.1, -0.05) is 0 Å². The fourth-order valence-corrected chi connectivity index (χ4v) is 1.96. The molecule has 0 aliphatic heterocycles. The maximum absolute atomic E-state index is 11.7. The molecular weight excluding hydrogens is 302 g/mol. The van der Waals surface area contributed by atoms with Gasteiger partial charge in [0.1, 0.15) is 0 Å².